The second-order valence-corrected chi connectivity index (χ2v) is 3.81. The molecule has 1 aliphatic rings. The summed E-state index contributed by atoms with van der Waals surface area (Å²) in [5.74, 6) is 0.788. The molecule has 0 saturated carbocycles. The summed E-state index contributed by atoms with van der Waals surface area (Å²) in [7, 11) is 1.62. The standard InChI is InChI=1S/C12H16N2O2/c1-9(15)14-8-4-7-13-10-5-3-6-11(16-2)12(10)14/h3,5-6,13H,4,7-8H2,1-2H3. The summed E-state index contributed by atoms with van der Waals surface area (Å²) in [5, 5.41) is 3.31. The summed E-state index contributed by atoms with van der Waals surface area (Å²) in [5.41, 5.74) is 1.82. The first-order valence-electron chi connectivity index (χ1n) is 5.43. The third kappa shape index (κ3) is 1.83. The largest absolute Gasteiger partial charge is 0.494 e. The second-order valence-electron chi connectivity index (χ2n) is 3.81. The number of hydrogen-bond acceptors (Lipinski definition) is 3. The van der Waals surface area contributed by atoms with Crippen molar-refractivity contribution in [1.29, 1.82) is 0 Å². The summed E-state index contributed by atoms with van der Waals surface area (Å²) >= 11 is 0. The van der Waals surface area contributed by atoms with Gasteiger partial charge in [-0.1, -0.05) is 6.07 Å². The first-order valence-corrected chi connectivity index (χ1v) is 5.43. The van der Waals surface area contributed by atoms with E-state index in [1.54, 1.807) is 18.9 Å². The van der Waals surface area contributed by atoms with Crippen molar-refractivity contribution in [2.75, 3.05) is 30.4 Å². The number of rotatable bonds is 1. The van der Waals surface area contributed by atoms with E-state index in [4.69, 9.17) is 4.74 Å². The van der Waals surface area contributed by atoms with Crippen molar-refractivity contribution in [1.82, 2.24) is 0 Å². The first-order chi connectivity index (χ1) is 7.74. The summed E-state index contributed by atoms with van der Waals surface area (Å²) in [6, 6.07) is 5.77. The molecule has 0 unspecified atom stereocenters. The van der Waals surface area contributed by atoms with Crippen LogP contribution < -0.4 is 15.0 Å². The first kappa shape index (κ1) is 10.8. The molecule has 1 aliphatic heterocycles. The van der Waals surface area contributed by atoms with Crippen LogP contribution in [-0.4, -0.2) is 26.1 Å². The molecule has 0 saturated heterocycles. The smallest absolute Gasteiger partial charge is 0.224 e. The number of carbonyl (C=O) groups is 1. The topological polar surface area (TPSA) is 41.6 Å². The van der Waals surface area contributed by atoms with E-state index in [1.165, 1.54) is 0 Å². The van der Waals surface area contributed by atoms with Crippen molar-refractivity contribution in [3.8, 4) is 5.75 Å². The molecule has 0 radical (unpaired) electrons. The Kier molecular flexibility index (Phi) is 2.99. The maximum Gasteiger partial charge on any atom is 0.224 e. The second kappa shape index (κ2) is 4.43. The number of hydrogen-bond donors (Lipinski definition) is 1. The minimum atomic E-state index is 0.0504. The van der Waals surface area contributed by atoms with Gasteiger partial charge in [0.05, 0.1) is 12.8 Å². The highest BCUT2D eigenvalue weighted by Crippen LogP contribution is 2.37. The van der Waals surface area contributed by atoms with Crippen molar-refractivity contribution in [2.24, 2.45) is 0 Å². The van der Waals surface area contributed by atoms with Crippen LogP contribution >= 0.6 is 0 Å². The van der Waals surface area contributed by atoms with Gasteiger partial charge in [-0.15, -0.1) is 0 Å². The Morgan fingerprint density at radius 2 is 2.31 bits per heavy atom. The van der Waals surface area contributed by atoms with Gasteiger partial charge in [0.25, 0.3) is 0 Å². The minimum absolute atomic E-state index is 0.0504. The highest BCUT2D eigenvalue weighted by Gasteiger charge is 2.21. The lowest BCUT2D eigenvalue weighted by Crippen LogP contribution is -2.29. The van der Waals surface area contributed by atoms with Gasteiger partial charge in [0.1, 0.15) is 11.4 Å². The molecule has 1 aromatic rings. The number of nitrogens with zero attached hydrogens (tertiary/aromatic N) is 1. The zero-order valence-corrected chi connectivity index (χ0v) is 9.62. The zero-order chi connectivity index (χ0) is 11.5. The number of methoxy groups -OCH3 is 1. The molecule has 0 aromatic heterocycles. The van der Waals surface area contributed by atoms with Crippen LogP contribution in [0, 0.1) is 0 Å². The molecule has 86 valence electrons. The van der Waals surface area contributed by atoms with E-state index in [0.29, 0.717) is 0 Å². The summed E-state index contributed by atoms with van der Waals surface area (Å²) < 4.78 is 5.31. The molecule has 0 spiro atoms. The number of ether oxygens (including phenoxy) is 1. The van der Waals surface area contributed by atoms with Crippen LogP contribution in [0.5, 0.6) is 5.75 Å². The van der Waals surface area contributed by atoms with Gasteiger partial charge in [0, 0.05) is 20.0 Å². The Balaban J connectivity index is 2.52. The number of amides is 1. The molecule has 16 heavy (non-hydrogen) atoms. The van der Waals surface area contributed by atoms with Crippen molar-refractivity contribution >= 4 is 17.3 Å². The van der Waals surface area contributed by atoms with Crippen LogP contribution in [0.15, 0.2) is 18.2 Å². The molecule has 4 heteroatoms. The van der Waals surface area contributed by atoms with Gasteiger partial charge in [0.2, 0.25) is 5.91 Å². The van der Waals surface area contributed by atoms with Gasteiger partial charge >= 0.3 is 0 Å². The van der Waals surface area contributed by atoms with E-state index < -0.39 is 0 Å². The number of benzene rings is 1. The van der Waals surface area contributed by atoms with Crippen LogP contribution in [0.1, 0.15) is 13.3 Å². The van der Waals surface area contributed by atoms with E-state index in [-0.39, 0.29) is 5.91 Å². The predicted molar refractivity (Wildman–Crippen MR) is 64.1 cm³/mol. The molecular weight excluding hydrogens is 204 g/mol. The van der Waals surface area contributed by atoms with Gasteiger partial charge in [0.15, 0.2) is 0 Å². The van der Waals surface area contributed by atoms with Gasteiger partial charge in [-0.2, -0.15) is 0 Å². The Labute approximate surface area is 95.2 Å². The summed E-state index contributed by atoms with van der Waals surface area (Å²) in [4.78, 5) is 13.4. The number of carbonyl (C=O) groups excluding carboxylic acids is 1. The van der Waals surface area contributed by atoms with Gasteiger partial charge in [-0.3, -0.25) is 4.79 Å². The monoisotopic (exact) mass is 220 g/mol. The van der Waals surface area contributed by atoms with Crippen LogP contribution in [0.3, 0.4) is 0 Å². The predicted octanol–water partition coefficient (Wildman–Crippen LogP) is 1.86. The third-order valence-electron chi connectivity index (χ3n) is 2.74. The van der Waals surface area contributed by atoms with Crippen LogP contribution in [0.2, 0.25) is 0 Å². The molecule has 1 amide bonds. The third-order valence-corrected chi connectivity index (χ3v) is 2.74. The van der Waals surface area contributed by atoms with E-state index >= 15 is 0 Å². The fourth-order valence-electron chi connectivity index (χ4n) is 2.00. The van der Waals surface area contributed by atoms with E-state index in [2.05, 4.69) is 5.32 Å². The number of para-hydroxylation sites is 1. The zero-order valence-electron chi connectivity index (χ0n) is 9.62. The fourth-order valence-corrected chi connectivity index (χ4v) is 2.00. The molecule has 4 nitrogen and oxygen atoms in total. The molecule has 1 heterocycles. The van der Waals surface area contributed by atoms with Crippen LogP contribution in [0.25, 0.3) is 0 Å². The lowest BCUT2D eigenvalue weighted by molar-refractivity contribution is -0.116. The van der Waals surface area contributed by atoms with Crippen LogP contribution in [0.4, 0.5) is 11.4 Å². The highest BCUT2D eigenvalue weighted by molar-refractivity contribution is 5.97. The van der Waals surface area contributed by atoms with E-state index in [0.717, 1.165) is 36.6 Å². The Morgan fingerprint density at radius 1 is 1.50 bits per heavy atom. The fraction of sp³-hybridized carbons (Fsp3) is 0.417. The lowest BCUT2D eigenvalue weighted by Gasteiger charge is -2.22. The Bertz CT molecular complexity index is 404. The molecule has 1 N–H and O–H groups in total. The molecule has 1 aromatic carbocycles. The lowest BCUT2D eigenvalue weighted by atomic mass is 10.2. The van der Waals surface area contributed by atoms with E-state index in [9.17, 15) is 4.79 Å². The van der Waals surface area contributed by atoms with Gasteiger partial charge < -0.3 is 15.0 Å². The van der Waals surface area contributed by atoms with Crippen molar-refractivity contribution < 1.29 is 9.53 Å². The van der Waals surface area contributed by atoms with E-state index in [1.807, 2.05) is 18.2 Å². The van der Waals surface area contributed by atoms with Gasteiger partial charge in [-0.05, 0) is 18.6 Å². The van der Waals surface area contributed by atoms with Crippen molar-refractivity contribution in [2.45, 2.75) is 13.3 Å². The van der Waals surface area contributed by atoms with Gasteiger partial charge in [-0.25, -0.2) is 0 Å². The molecule has 2 rings (SSSR count). The van der Waals surface area contributed by atoms with Crippen molar-refractivity contribution in [3.05, 3.63) is 18.2 Å². The summed E-state index contributed by atoms with van der Waals surface area (Å²) in [6.07, 6.45) is 0.942. The number of nitrogens with one attached hydrogen (secondary N) is 1. The SMILES string of the molecule is COc1cccc2c1N(C(C)=O)CCCN2. The minimum Gasteiger partial charge on any atom is -0.494 e. The number of anilines is 2. The average Bonchev–Trinajstić information content (AvgIpc) is 2.50. The highest BCUT2D eigenvalue weighted by atomic mass is 16.5. The molecular formula is C12H16N2O2. The average molecular weight is 220 g/mol. The Hall–Kier alpha value is -1.71. The molecule has 0 fully saturated rings. The Morgan fingerprint density at radius 3 is 3.00 bits per heavy atom. The maximum atomic E-state index is 11.6. The van der Waals surface area contributed by atoms with Crippen molar-refractivity contribution in [3.63, 3.8) is 0 Å². The molecule has 0 bridgehead atoms. The normalized spacial score (nSPS) is 14.8. The molecule has 0 atom stereocenters. The van der Waals surface area contributed by atoms with Crippen LogP contribution in [-0.2, 0) is 4.79 Å². The molecule has 0 aliphatic carbocycles. The quantitative estimate of drug-likeness (QED) is 0.785. The summed E-state index contributed by atoms with van der Waals surface area (Å²) in [6.45, 7) is 3.20. The maximum absolute atomic E-state index is 11.6. The number of fused-ring (bicyclic) bond motifs is 1.